The summed E-state index contributed by atoms with van der Waals surface area (Å²) in [6, 6.07) is 3.97. The Morgan fingerprint density at radius 3 is 2.77 bits per heavy atom. The van der Waals surface area contributed by atoms with E-state index in [0.29, 0.717) is 0 Å². The summed E-state index contributed by atoms with van der Waals surface area (Å²) in [5.41, 5.74) is 5.23. The van der Waals surface area contributed by atoms with Crippen LogP contribution < -0.4 is 5.73 Å². The molecule has 13 heavy (non-hydrogen) atoms. The van der Waals surface area contributed by atoms with E-state index in [9.17, 15) is 9.18 Å². The molecule has 0 saturated heterocycles. The van der Waals surface area contributed by atoms with Crippen LogP contribution in [0.1, 0.15) is 16.8 Å². The van der Waals surface area contributed by atoms with Gasteiger partial charge >= 0.3 is 0 Å². The summed E-state index contributed by atoms with van der Waals surface area (Å²) in [6.45, 7) is 0.223. The second-order valence-corrected chi connectivity index (χ2v) is 3.02. The first-order valence-electron chi connectivity index (χ1n) is 3.83. The fourth-order valence-corrected chi connectivity index (χ4v) is 1.14. The Hall–Kier alpha value is -0.930. The second-order valence-electron chi connectivity index (χ2n) is 2.59. The molecule has 1 aromatic rings. The van der Waals surface area contributed by atoms with Gasteiger partial charge in [-0.3, -0.25) is 4.79 Å². The Balaban J connectivity index is 2.95. The Morgan fingerprint density at radius 1 is 1.54 bits per heavy atom. The van der Waals surface area contributed by atoms with Crippen molar-refractivity contribution in [2.75, 3.05) is 6.54 Å². The Kier molecular flexibility index (Phi) is 3.39. The lowest BCUT2D eigenvalue weighted by Gasteiger charge is -2.00. The lowest BCUT2D eigenvalue weighted by Crippen LogP contribution is -2.09. The molecule has 0 aliphatic heterocycles. The highest BCUT2D eigenvalue weighted by atomic mass is 35.5. The number of benzene rings is 1. The summed E-state index contributed by atoms with van der Waals surface area (Å²) in [7, 11) is 0. The van der Waals surface area contributed by atoms with Crippen LogP contribution in [-0.2, 0) is 0 Å². The standard InChI is InChI=1S/C9H9ClFNO/c10-6-1-2-7(8(11)5-6)9(13)3-4-12/h1-2,5H,3-4,12H2. The highest BCUT2D eigenvalue weighted by Crippen LogP contribution is 2.15. The van der Waals surface area contributed by atoms with Crippen molar-refractivity contribution >= 4 is 17.4 Å². The topological polar surface area (TPSA) is 43.1 Å². The van der Waals surface area contributed by atoms with Gasteiger partial charge in [0.1, 0.15) is 5.82 Å². The third-order valence-corrected chi connectivity index (χ3v) is 1.84. The van der Waals surface area contributed by atoms with Crippen LogP contribution in [0, 0.1) is 5.82 Å². The predicted octanol–water partition coefficient (Wildman–Crippen LogP) is 2.01. The van der Waals surface area contributed by atoms with Gasteiger partial charge in [-0.15, -0.1) is 0 Å². The molecule has 0 bridgehead atoms. The first kappa shape index (κ1) is 10.2. The summed E-state index contributed by atoms with van der Waals surface area (Å²) < 4.78 is 13.1. The third-order valence-electron chi connectivity index (χ3n) is 1.60. The number of nitrogens with two attached hydrogens (primary N) is 1. The van der Waals surface area contributed by atoms with Gasteiger partial charge in [0, 0.05) is 11.4 Å². The minimum Gasteiger partial charge on any atom is -0.330 e. The molecular weight excluding hydrogens is 193 g/mol. The fraction of sp³-hybridized carbons (Fsp3) is 0.222. The molecular formula is C9H9ClFNO. The highest BCUT2D eigenvalue weighted by molar-refractivity contribution is 6.30. The number of halogens is 2. The molecule has 0 amide bonds. The van der Waals surface area contributed by atoms with Crippen LogP contribution in [0.15, 0.2) is 18.2 Å². The van der Waals surface area contributed by atoms with E-state index in [4.69, 9.17) is 17.3 Å². The minimum atomic E-state index is -0.592. The van der Waals surface area contributed by atoms with Crippen molar-refractivity contribution < 1.29 is 9.18 Å². The van der Waals surface area contributed by atoms with Crippen LogP contribution in [0.5, 0.6) is 0 Å². The smallest absolute Gasteiger partial charge is 0.167 e. The number of rotatable bonds is 3. The first-order chi connectivity index (χ1) is 6.15. The van der Waals surface area contributed by atoms with Crippen molar-refractivity contribution in [1.82, 2.24) is 0 Å². The van der Waals surface area contributed by atoms with Crippen molar-refractivity contribution in [3.05, 3.63) is 34.6 Å². The average Bonchev–Trinajstić information content (AvgIpc) is 2.04. The first-order valence-corrected chi connectivity index (χ1v) is 4.21. The third kappa shape index (κ3) is 2.50. The number of carbonyl (C=O) groups excluding carboxylic acids is 1. The molecule has 0 fully saturated rings. The van der Waals surface area contributed by atoms with Gasteiger partial charge in [0.05, 0.1) is 5.56 Å². The normalized spacial score (nSPS) is 10.1. The van der Waals surface area contributed by atoms with Crippen LogP contribution in [0.25, 0.3) is 0 Å². The molecule has 0 heterocycles. The maximum absolute atomic E-state index is 13.1. The molecule has 0 unspecified atom stereocenters. The van der Waals surface area contributed by atoms with Crippen molar-refractivity contribution in [3.63, 3.8) is 0 Å². The monoisotopic (exact) mass is 201 g/mol. The Labute approximate surface area is 80.5 Å². The summed E-state index contributed by atoms with van der Waals surface area (Å²) in [5, 5.41) is 0.279. The molecule has 0 spiro atoms. The van der Waals surface area contributed by atoms with Crippen molar-refractivity contribution in [3.8, 4) is 0 Å². The van der Waals surface area contributed by atoms with Gasteiger partial charge in [-0.1, -0.05) is 11.6 Å². The summed E-state index contributed by atoms with van der Waals surface area (Å²) in [4.78, 5) is 11.2. The molecule has 0 radical (unpaired) electrons. The molecule has 4 heteroatoms. The second kappa shape index (κ2) is 4.35. The maximum atomic E-state index is 13.1. The fourth-order valence-electron chi connectivity index (χ4n) is 0.981. The van der Waals surface area contributed by atoms with Gasteiger partial charge < -0.3 is 5.73 Å². The predicted molar refractivity (Wildman–Crippen MR) is 49.4 cm³/mol. The zero-order chi connectivity index (χ0) is 9.84. The maximum Gasteiger partial charge on any atom is 0.167 e. The van der Waals surface area contributed by atoms with Crippen LogP contribution in [0.2, 0.25) is 5.02 Å². The Bertz CT molecular complexity index is 327. The molecule has 0 aliphatic carbocycles. The SMILES string of the molecule is NCCC(=O)c1ccc(Cl)cc1F. The Morgan fingerprint density at radius 2 is 2.23 bits per heavy atom. The van der Waals surface area contributed by atoms with Gasteiger partial charge in [0.2, 0.25) is 0 Å². The lowest BCUT2D eigenvalue weighted by atomic mass is 10.1. The molecule has 0 atom stereocenters. The van der Waals surface area contributed by atoms with Crippen molar-refractivity contribution in [1.29, 1.82) is 0 Å². The van der Waals surface area contributed by atoms with E-state index in [1.165, 1.54) is 12.1 Å². The van der Waals surface area contributed by atoms with Gasteiger partial charge in [-0.25, -0.2) is 4.39 Å². The minimum absolute atomic E-state index is 0.0508. The molecule has 0 aromatic heterocycles. The van der Waals surface area contributed by atoms with Crippen LogP contribution in [-0.4, -0.2) is 12.3 Å². The highest BCUT2D eigenvalue weighted by Gasteiger charge is 2.10. The number of carbonyl (C=O) groups is 1. The van der Waals surface area contributed by atoms with Crippen LogP contribution in [0.3, 0.4) is 0 Å². The molecule has 0 saturated carbocycles. The molecule has 2 N–H and O–H groups in total. The molecule has 70 valence electrons. The number of Topliss-reactive ketones (excluding diaryl/α,β-unsaturated/α-hetero) is 1. The lowest BCUT2D eigenvalue weighted by molar-refractivity contribution is 0.0981. The summed E-state index contributed by atoms with van der Waals surface area (Å²) >= 11 is 5.52. The quantitative estimate of drug-likeness (QED) is 0.761. The van der Waals surface area contributed by atoms with E-state index in [1.807, 2.05) is 0 Å². The summed E-state index contributed by atoms with van der Waals surface area (Å²) in [5.74, 6) is -0.886. The van der Waals surface area contributed by atoms with E-state index >= 15 is 0 Å². The van der Waals surface area contributed by atoms with E-state index in [0.717, 1.165) is 6.07 Å². The van der Waals surface area contributed by atoms with Gasteiger partial charge in [0.25, 0.3) is 0 Å². The van der Waals surface area contributed by atoms with E-state index in [-0.39, 0.29) is 29.3 Å². The van der Waals surface area contributed by atoms with E-state index in [2.05, 4.69) is 0 Å². The van der Waals surface area contributed by atoms with Crippen molar-refractivity contribution in [2.45, 2.75) is 6.42 Å². The number of hydrogen-bond donors (Lipinski definition) is 1. The molecule has 1 rings (SSSR count). The number of ketones is 1. The van der Waals surface area contributed by atoms with Crippen LogP contribution >= 0.6 is 11.6 Å². The van der Waals surface area contributed by atoms with Crippen molar-refractivity contribution in [2.24, 2.45) is 5.73 Å². The zero-order valence-electron chi connectivity index (χ0n) is 6.89. The van der Waals surface area contributed by atoms with E-state index in [1.54, 1.807) is 0 Å². The van der Waals surface area contributed by atoms with Crippen LogP contribution in [0.4, 0.5) is 4.39 Å². The average molecular weight is 202 g/mol. The van der Waals surface area contributed by atoms with E-state index < -0.39 is 5.82 Å². The molecule has 0 aliphatic rings. The molecule has 1 aromatic carbocycles. The van der Waals surface area contributed by atoms with Gasteiger partial charge in [-0.2, -0.15) is 0 Å². The zero-order valence-corrected chi connectivity index (χ0v) is 7.64. The van der Waals surface area contributed by atoms with Gasteiger partial charge in [0.15, 0.2) is 5.78 Å². The number of hydrogen-bond acceptors (Lipinski definition) is 2. The van der Waals surface area contributed by atoms with Gasteiger partial charge in [-0.05, 0) is 24.7 Å². The largest absolute Gasteiger partial charge is 0.330 e. The summed E-state index contributed by atoms with van der Waals surface area (Å²) in [6.07, 6.45) is 0.151. The molecule has 2 nitrogen and oxygen atoms in total.